The fraction of sp³-hybridized carbons (Fsp3) is 0.650. The van der Waals surface area contributed by atoms with Crippen LogP contribution < -0.4 is 5.73 Å². The predicted molar refractivity (Wildman–Crippen MR) is 97.3 cm³/mol. The number of likely N-dealkylation sites (N-methyl/N-ethyl adjacent to an activating group) is 1. The van der Waals surface area contributed by atoms with Gasteiger partial charge in [-0.2, -0.15) is 0 Å². The third-order valence-corrected chi connectivity index (χ3v) is 6.10. The topological polar surface area (TPSA) is 49.6 Å². The van der Waals surface area contributed by atoms with Crippen molar-refractivity contribution in [2.45, 2.75) is 45.3 Å². The van der Waals surface area contributed by atoms with Gasteiger partial charge in [-0.3, -0.25) is 14.6 Å². The Hall–Kier alpha value is -1.46. The number of nitrogens with two attached hydrogens (primary N) is 1. The fourth-order valence-electron chi connectivity index (χ4n) is 5.02. The molecule has 25 heavy (non-hydrogen) atoms. The van der Waals surface area contributed by atoms with Gasteiger partial charge in [0.2, 0.25) is 5.91 Å². The first-order valence-electron chi connectivity index (χ1n) is 9.35. The SMILES string of the molecule is CC(C)[C@@H](C(N)=O)N(C)[C@@H]1CC[C@H]2CN(Cc3ccc(F)cc3)C[C@H]21. The van der Waals surface area contributed by atoms with E-state index in [-0.39, 0.29) is 23.7 Å². The molecule has 1 saturated carbocycles. The van der Waals surface area contributed by atoms with Gasteiger partial charge in [-0.1, -0.05) is 26.0 Å². The number of nitrogens with zero attached hydrogens (tertiary/aromatic N) is 2. The summed E-state index contributed by atoms with van der Waals surface area (Å²) >= 11 is 0. The number of carbonyl (C=O) groups is 1. The van der Waals surface area contributed by atoms with Crippen LogP contribution in [-0.4, -0.2) is 47.9 Å². The zero-order chi connectivity index (χ0) is 18.1. The van der Waals surface area contributed by atoms with Crippen LogP contribution in [0.1, 0.15) is 32.3 Å². The minimum atomic E-state index is -0.220. The fourth-order valence-corrected chi connectivity index (χ4v) is 5.02. The molecule has 1 aromatic carbocycles. The molecule has 3 rings (SSSR count). The number of amides is 1. The molecule has 0 bridgehead atoms. The number of primary amides is 1. The molecule has 5 heteroatoms. The van der Waals surface area contributed by atoms with Crippen LogP contribution >= 0.6 is 0 Å². The van der Waals surface area contributed by atoms with Crippen molar-refractivity contribution in [3.63, 3.8) is 0 Å². The van der Waals surface area contributed by atoms with Gasteiger partial charge in [0.05, 0.1) is 6.04 Å². The summed E-state index contributed by atoms with van der Waals surface area (Å²) in [5, 5.41) is 0. The highest BCUT2D eigenvalue weighted by molar-refractivity contribution is 5.80. The zero-order valence-electron chi connectivity index (χ0n) is 15.5. The molecule has 1 heterocycles. The summed E-state index contributed by atoms with van der Waals surface area (Å²) in [6, 6.07) is 7.02. The second-order valence-corrected chi connectivity index (χ2v) is 8.15. The molecule has 0 spiro atoms. The van der Waals surface area contributed by atoms with E-state index in [4.69, 9.17) is 5.73 Å². The number of rotatable bonds is 6. The Labute approximate surface area is 150 Å². The normalized spacial score (nSPS) is 27.8. The summed E-state index contributed by atoms with van der Waals surface area (Å²) in [7, 11) is 2.06. The molecule has 138 valence electrons. The Balaban J connectivity index is 1.65. The lowest BCUT2D eigenvalue weighted by Gasteiger charge is -2.36. The zero-order valence-corrected chi connectivity index (χ0v) is 15.5. The van der Waals surface area contributed by atoms with Crippen molar-refractivity contribution in [1.82, 2.24) is 9.80 Å². The quantitative estimate of drug-likeness (QED) is 0.860. The molecule has 1 aliphatic carbocycles. The number of carbonyl (C=O) groups excluding carboxylic acids is 1. The van der Waals surface area contributed by atoms with E-state index < -0.39 is 0 Å². The average Bonchev–Trinajstić information content (AvgIpc) is 3.08. The van der Waals surface area contributed by atoms with E-state index in [1.165, 1.54) is 18.6 Å². The summed E-state index contributed by atoms with van der Waals surface area (Å²) in [6.45, 7) is 7.13. The Morgan fingerprint density at radius 1 is 1.28 bits per heavy atom. The van der Waals surface area contributed by atoms with Crippen LogP contribution in [0.25, 0.3) is 0 Å². The van der Waals surface area contributed by atoms with Gasteiger partial charge in [0, 0.05) is 25.7 Å². The molecule has 4 atom stereocenters. The van der Waals surface area contributed by atoms with E-state index in [1.807, 2.05) is 12.1 Å². The van der Waals surface area contributed by atoms with E-state index in [2.05, 4.69) is 30.7 Å². The van der Waals surface area contributed by atoms with Gasteiger partial charge in [-0.15, -0.1) is 0 Å². The highest BCUT2D eigenvalue weighted by Crippen LogP contribution is 2.41. The molecule has 0 radical (unpaired) electrons. The van der Waals surface area contributed by atoms with E-state index >= 15 is 0 Å². The van der Waals surface area contributed by atoms with Crippen molar-refractivity contribution in [3.05, 3.63) is 35.6 Å². The second kappa shape index (κ2) is 7.42. The van der Waals surface area contributed by atoms with Crippen molar-refractivity contribution in [3.8, 4) is 0 Å². The Morgan fingerprint density at radius 2 is 1.96 bits per heavy atom. The molecule has 1 amide bonds. The maximum atomic E-state index is 13.1. The standard InChI is InChI=1S/C20H30FN3O/c1-13(2)19(20(22)25)23(3)18-9-6-15-11-24(12-17(15)18)10-14-4-7-16(21)8-5-14/h4-5,7-8,13,15,17-19H,6,9-12H2,1-3H3,(H2,22,25)/t15-,17+,18+,19-/m0/s1. The van der Waals surface area contributed by atoms with Crippen LogP contribution in [0.3, 0.4) is 0 Å². The third-order valence-electron chi connectivity index (χ3n) is 6.10. The van der Waals surface area contributed by atoms with Crippen molar-refractivity contribution in [1.29, 1.82) is 0 Å². The van der Waals surface area contributed by atoms with Gasteiger partial charge in [-0.05, 0) is 55.3 Å². The Bertz CT molecular complexity index is 603. The maximum absolute atomic E-state index is 13.1. The maximum Gasteiger partial charge on any atom is 0.235 e. The van der Waals surface area contributed by atoms with E-state index in [0.29, 0.717) is 17.9 Å². The van der Waals surface area contributed by atoms with Crippen LogP contribution in [0.4, 0.5) is 4.39 Å². The lowest BCUT2D eigenvalue weighted by atomic mass is 9.93. The van der Waals surface area contributed by atoms with E-state index in [9.17, 15) is 9.18 Å². The van der Waals surface area contributed by atoms with Gasteiger partial charge in [0.1, 0.15) is 5.82 Å². The Kier molecular flexibility index (Phi) is 5.44. The van der Waals surface area contributed by atoms with E-state index in [1.54, 1.807) is 0 Å². The molecular formula is C20H30FN3O. The molecule has 0 aromatic heterocycles. The number of benzene rings is 1. The number of fused-ring (bicyclic) bond motifs is 1. The molecular weight excluding hydrogens is 317 g/mol. The largest absolute Gasteiger partial charge is 0.368 e. The minimum Gasteiger partial charge on any atom is -0.368 e. The number of hydrogen-bond acceptors (Lipinski definition) is 3. The molecule has 2 N–H and O–H groups in total. The number of likely N-dealkylation sites (tertiary alicyclic amines) is 1. The van der Waals surface area contributed by atoms with Gasteiger partial charge < -0.3 is 5.73 Å². The smallest absolute Gasteiger partial charge is 0.235 e. The van der Waals surface area contributed by atoms with Gasteiger partial charge in [-0.25, -0.2) is 4.39 Å². The van der Waals surface area contributed by atoms with Crippen LogP contribution in [0.5, 0.6) is 0 Å². The van der Waals surface area contributed by atoms with Crippen molar-refractivity contribution < 1.29 is 9.18 Å². The highest BCUT2D eigenvalue weighted by Gasteiger charge is 2.46. The van der Waals surface area contributed by atoms with E-state index in [0.717, 1.165) is 31.6 Å². The molecule has 1 aliphatic heterocycles. The summed E-state index contributed by atoms with van der Waals surface area (Å²) in [5.74, 6) is 1.09. The molecule has 4 nitrogen and oxygen atoms in total. The lowest BCUT2D eigenvalue weighted by Crippen LogP contribution is -2.52. The third kappa shape index (κ3) is 3.87. The Morgan fingerprint density at radius 3 is 2.56 bits per heavy atom. The average molecular weight is 347 g/mol. The molecule has 2 aliphatic rings. The van der Waals surface area contributed by atoms with Crippen LogP contribution in [-0.2, 0) is 11.3 Å². The summed E-state index contributed by atoms with van der Waals surface area (Å²) < 4.78 is 13.1. The van der Waals surface area contributed by atoms with Crippen LogP contribution in [0, 0.1) is 23.6 Å². The molecule has 1 aromatic rings. The summed E-state index contributed by atoms with van der Waals surface area (Å²) in [4.78, 5) is 16.6. The number of hydrogen-bond donors (Lipinski definition) is 1. The van der Waals surface area contributed by atoms with Gasteiger partial charge >= 0.3 is 0 Å². The second-order valence-electron chi connectivity index (χ2n) is 8.15. The van der Waals surface area contributed by atoms with Crippen molar-refractivity contribution in [2.24, 2.45) is 23.5 Å². The minimum absolute atomic E-state index is 0.185. The lowest BCUT2D eigenvalue weighted by molar-refractivity contribution is -0.125. The van der Waals surface area contributed by atoms with Crippen molar-refractivity contribution in [2.75, 3.05) is 20.1 Å². The van der Waals surface area contributed by atoms with Crippen molar-refractivity contribution >= 4 is 5.91 Å². The summed E-state index contributed by atoms with van der Waals surface area (Å²) in [6.07, 6.45) is 2.36. The molecule has 2 fully saturated rings. The first-order chi connectivity index (χ1) is 11.9. The molecule has 0 unspecified atom stereocenters. The predicted octanol–water partition coefficient (Wildman–Crippen LogP) is 2.48. The molecule has 1 saturated heterocycles. The van der Waals surface area contributed by atoms with Crippen LogP contribution in [0.2, 0.25) is 0 Å². The monoisotopic (exact) mass is 347 g/mol. The van der Waals surface area contributed by atoms with Crippen LogP contribution in [0.15, 0.2) is 24.3 Å². The highest BCUT2D eigenvalue weighted by atomic mass is 19.1. The first kappa shape index (κ1) is 18.3. The summed E-state index contributed by atoms with van der Waals surface area (Å²) in [5.41, 5.74) is 6.82. The van der Waals surface area contributed by atoms with Gasteiger partial charge in [0.25, 0.3) is 0 Å². The first-order valence-corrected chi connectivity index (χ1v) is 9.35. The van der Waals surface area contributed by atoms with Gasteiger partial charge in [0.15, 0.2) is 0 Å². The number of halogens is 1.